The van der Waals surface area contributed by atoms with Gasteiger partial charge in [0.1, 0.15) is 11.6 Å². The fourth-order valence-corrected chi connectivity index (χ4v) is 3.69. The largest absolute Gasteiger partial charge is 0.497 e. The Balaban J connectivity index is 1.74. The number of nitrogens with two attached hydrogens (primary N) is 1. The Hall–Kier alpha value is -3.71. The van der Waals surface area contributed by atoms with Crippen LogP contribution in [0.4, 0.5) is 10.1 Å². The second-order valence-electron chi connectivity index (χ2n) is 9.31. The van der Waals surface area contributed by atoms with Crippen molar-refractivity contribution in [3.63, 3.8) is 0 Å². The third-order valence-corrected chi connectivity index (χ3v) is 5.64. The van der Waals surface area contributed by atoms with Crippen LogP contribution in [0.15, 0.2) is 72.8 Å². The van der Waals surface area contributed by atoms with Crippen LogP contribution in [0, 0.1) is 11.2 Å². The number of nitrogens with zero attached hydrogens (tertiary/aromatic N) is 1. The van der Waals surface area contributed by atoms with Gasteiger partial charge in [-0.05, 0) is 65.6 Å². The number of hydrogen-bond acceptors (Lipinski definition) is 4. The van der Waals surface area contributed by atoms with Crippen molar-refractivity contribution in [2.75, 3.05) is 25.5 Å². The number of ether oxygens (including phenoxy) is 1. The number of halogens is 1. The molecule has 3 aromatic carbocycles. The highest BCUT2D eigenvalue weighted by molar-refractivity contribution is 5.94. The zero-order chi connectivity index (χ0) is 25.4. The third-order valence-electron chi connectivity index (χ3n) is 5.64. The van der Waals surface area contributed by atoms with Crippen LogP contribution in [0.1, 0.15) is 35.3 Å². The topological polar surface area (TPSA) is 84.7 Å². The maximum absolute atomic E-state index is 13.8. The van der Waals surface area contributed by atoms with Gasteiger partial charge in [-0.15, -0.1) is 0 Å². The van der Waals surface area contributed by atoms with Gasteiger partial charge in [-0.1, -0.05) is 44.2 Å². The van der Waals surface area contributed by atoms with Crippen LogP contribution in [0.3, 0.4) is 0 Å². The van der Waals surface area contributed by atoms with Crippen LogP contribution < -0.4 is 15.8 Å². The first-order valence-corrected chi connectivity index (χ1v) is 11.5. The van der Waals surface area contributed by atoms with Gasteiger partial charge in [0, 0.05) is 24.3 Å². The summed E-state index contributed by atoms with van der Waals surface area (Å²) in [4.78, 5) is 27.5. The number of rotatable bonds is 10. The quantitative estimate of drug-likeness (QED) is 0.445. The van der Waals surface area contributed by atoms with Crippen molar-refractivity contribution in [1.82, 2.24) is 4.90 Å². The van der Waals surface area contributed by atoms with Gasteiger partial charge in [0.2, 0.25) is 5.91 Å². The highest BCUT2D eigenvalue weighted by Crippen LogP contribution is 2.21. The van der Waals surface area contributed by atoms with Gasteiger partial charge in [-0.25, -0.2) is 4.39 Å². The molecule has 0 saturated carbocycles. The molecule has 3 N–H and O–H groups in total. The molecule has 0 spiro atoms. The van der Waals surface area contributed by atoms with E-state index in [0.717, 1.165) is 16.9 Å². The molecule has 0 heterocycles. The maximum Gasteiger partial charge on any atom is 0.254 e. The lowest BCUT2D eigenvalue weighted by Crippen LogP contribution is -2.41. The van der Waals surface area contributed by atoms with Gasteiger partial charge >= 0.3 is 0 Å². The van der Waals surface area contributed by atoms with Gasteiger partial charge in [-0.3, -0.25) is 9.59 Å². The first kappa shape index (κ1) is 25.9. The van der Waals surface area contributed by atoms with E-state index in [4.69, 9.17) is 10.5 Å². The molecule has 0 saturated heterocycles. The molecule has 0 unspecified atom stereocenters. The molecule has 0 bridgehead atoms. The molecule has 0 atom stereocenters. The number of carbonyl (C=O) groups is 2. The van der Waals surface area contributed by atoms with Crippen LogP contribution >= 0.6 is 0 Å². The average molecular weight is 478 g/mol. The van der Waals surface area contributed by atoms with Crippen LogP contribution in [-0.2, 0) is 17.8 Å². The Kier molecular flexibility index (Phi) is 8.60. The van der Waals surface area contributed by atoms with E-state index in [1.807, 2.05) is 56.3 Å². The first-order chi connectivity index (χ1) is 16.7. The highest BCUT2D eigenvalue weighted by atomic mass is 19.1. The lowest BCUT2D eigenvalue weighted by Gasteiger charge is -2.32. The molecular formula is C28H32FN3O3. The summed E-state index contributed by atoms with van der Waals surface area (Å²) in [6, 6.07) is 20.4. The van der Waals surface area contributed by atoms with E-state index >= 15 is 0 Å². The van der Waals surface area contributed by atoms with Crippen LogP contribution in [0.2, 0.25) is 0 Å². The predicted octanol–water partition coefficient (Wildman–Crippen LogP) is 4.64. The monoisotopic (exact) mass is 477 g/mol. The molecule has 0 radical (unpaired) electrons. The molecule has 7 heteroatoms. The summed E-state index contributed by atoms with van der Waals surface area (Å²) >= 11 is 0. The van der Waals surface area contributed by atoms with Crippen LogP contribution in [-0.4, -0.2) is 36.9 Å². The molecule has 0 fully saturated rings. The van der Waals surface area contributed by atoms with Crippen molar-refractivity contribution in [3.8, 4) is 5.75 Å². The summed E-state index contributed by atoms with van der Waals surface area (Å²) in [5.41, 5.74) is 8.21. The molecule has 0 aliphatic carbocycles. The van der Waals surface area contributed by atoms with Gasteiger partial charge in [0.15, 0.2) is 0 Å². The van der Waals surface area contributed by atoms with Crippen molar-refractivity contribution in [2.24, 2.45) is 11.1 Å². The minimum Gasteiger partial charge on any atom is -0.497 e. The summed E-state index contributed by atoms with van der Waals surface area (Å²) in [5.74, 6) is -0.156. The van der Waals surface area contributed by atoms with Crippen molar-refractivity contribution < 1.29 is 18.7 Å². The highest BCUT2D eigenvalue weighted by Gasteiger charge is 2.25. The molecular weight excluding hydrogens is 445 g/mol. The SMILES string of the molecule is COc1ccc(CC(=O)Nc2cccc(CN(CC(C)(C)CN)C(=O)c3cccc(F)c3)c2)cc1. The summed E-state index contributed by atoms with van der Waals surface area (Å²) < 4.78 is 18.9. The van der Waals surface area contributed by atoms with E-state index in [0.29, 0.717) is 25.3 Å². The number of carbonyl (C=O) groups excluding carboxylic acids is 2. The smallest absolute Gasteiger partial charge is 0.254 e. The Morgan fingerprint density at radius 3 is 2.37 bits per heavy atom. The van der Waals surface area contributed by atoms with Gasteiger partial charge in [-0.2, -0.15) is 0 Å². The summed E-state index contributed by atoms with van der Waals surface area (Å²) in [6.45, 7) is 5.04. The van der Waals surface area contributed by atoms with E-state index < -0.39 is 5.82 Å². The van der Waals surface area contributed by atoms with Gasteiger partial charge in [0.25, 0.3) is 5.91 Å². The molecule has 0 aliphatic rings. The van der Waals surface area contributed by atoms with Crippen molar-refractivity contribution in [2.45, 2.75) is 26.8 Å². The fraction of sp³-hybridized carbons (Fsp3) is 0.286. The van der Waals surface area contributed by atoms with E-state index in [9.17, 15) is 14.0 Å². The van der Waals surface area contributed by atoms with Crippen molar-refractivity contribution in [3.05, 3.63) is 95.3 Å². The van der Waals surface area contributed by atoms with E-state index in [2.05, 4.69) is 5.32 Å². The number of amides is 2. The summed E-state index contributed by atoms with van der Waals surface area (Å²) in [5, 5.41) is 2.92. The number of methoxy groups -OCH3 is 1. The maximum atomic E-state index is 13.8. The van der Waals surface area contributed by atoms with Gasteiger partial charge < -0.3 is 20.7 Å². The average Bonchev–Trinajstić information content (AvgIpc) is 2.83. The third kappa shape index (κ3) is 7.65. The molecule has 3 rings (SSSR count). The van der Waals surface area contributed by atoms with Crippen molar-refractivity contribution >= 4 is 17.5 Å². The normalized spacial score (nSPS) is 11.1. The fourth-order valence-electron chi connectivity index (χ4n) is 3.69. The van der Waals surface area contributed by atoms with E-state index in [1.165, 1.54) is 18.2 Å². The zero-order valence-corrected chi connectivity index (χ0v) is 20.4. The second-order valence-corrected chi connectivity index (χ2v) is 9.31. The Morgan fingerprint density at radius 2 is 1.71 bits per heavy atom. The lowest BCUT2D eigenvalue weighted by molar-refractivity contribution is -0.115. The number of hydrogen-bond donors (Lipinski definition) is 2. The Morgan fingerprint density at radius 1 is 1.00 bits per heavy atom. The molecule has 0 aliphatic heterocycles. The molecule has 2 amide bonds. The molecule has 184 valence electrons. The molecule has 6 nitrogen and oxygen atoms in total. The molecule has 35 heavy (non-hydrogen) atoms. The van der Waals surface area contributed by atoms with Gasteiger partial charge in [0.05, 0.1) is 13.5 Å². The van der Waals surface area contributed by atoms with Crippen molar-refractivity contribution in [1.29, 1.82) is 0 Å². The first-order valence-electron chi connectivity index (χ1n) is 11.5. The zero-order valence-electron chi connectivity index (χ0n) is 20.4. The number of benzene rings is 3. The Labute approximate surface area is 205 Å². The summed E-state index contributed by atoms with van der Waals surface area (Å²) in [6.07, 6.45) is 0.225. The summed E-state index contributed by atoms with van der Waals surface area (Å²) in [7, 11) is 1.60. The minimum atomic E-state index is -0.463. The van der Waals surface area contributed by atoms with Crippen LogP contribution in [0.5, 0.6) is 5.75 Å². The lowest BCUT2D eigenvalue weighted by atomic mass is 9.92. The number of anilines is 1. The van der Waals surface area contributed by atoms with Crippen LogP contribution in [0.25, 0.3) is 0 Å². The standard InChI is InChI=1S/C28H32FN3O3/c1-28(2,18-30)19-32(27(34)22-7-5-8-23(29)16-22)17-21-6-4-9-24(14-21)31-26(33)15-20-10-12-25(35-3)13-11-20/h4-14,16H,15,17-19,30H2,1-3H3,(H,31,33). The number of nitrogens with one attached hydrogen (secondary N) is 1. The van der Waals surface area contributed by atoms with E-state index in [-0.39, 0.29) is 29.2 Å². The molecule has 3 aromatic rings. The molecule has 0 aromatic heterocycles. The van der Waals surface area contributed by atoms with E-state index in [1.54, 1.807) is 24.1 Å². The second kappa shape index (κ2) is 11.6. The Bertz CT molecular complexity index is 1160. The predicted molar refractivity (Wildman–Crippen MR) is 136 cm³/mol. The minimum absolute atomic E-state index is 0.149.